The second-order valence-electron chi connectivity index (χ2n) is 13.9. The summed E-state index contributed by atoms with van der Waals surface area (Å²) in [5.41, 5.74) is 11.1. The first-order valence-corrected chi connectivity index (χ1v) is 19.5. The number of para-hydroxylation sites is 2. The summed E-state index contributed by atoms with van der Waals surface area (Å²) in [6, 6.07) is 65.6. The number of aromatic nitrogens is 3. The van der Waals surface area contributed by atoms with Crippen molar-refractivity contribution in [3.05, 3.63) is 188 Å². The van der Waals surface area contributed by atoms with E-state index in [4.69, 9.17) is 19.4 Å². The molecular formula is C51H31N3OS. The van der Waals surface area contributed by atoms with Crippen LogP contribution in [0.15, 0.2) is 192 Å². The van der Waals surface area contributed by atoms with Crippen LogP contribution < -0.4 is 0 Å². The van der Waals surface area contributed by atoms with Crippen LogP contribution in [0, 0.1) is 0 Å². The lowest BCUT2D eigenvalue weighted by molar-refractivity contribution is 0.670. The monoisotopic (exact) mass is 733 g/mol. The van der Waals surface area contributed by atoms with Crippen molar-refractivity contribution in [3.8, 4) is 67.5 Å². The number of hydrogen-bond donors (Lipinski definition) is 0. The van der Waals surface area contributed by atoms with Crippen LogP contribution in [0.2, 0.25) is 0 Å². The second kappa shape index (κ2) is 13.3. The van der Waals surface area contributed by atoms with Crippen molar-refractivity contribution in [2.75, 3.05) is 0 Å². The smallest absolute Gasteiger partial charge is 0.167 e. The van der Waals surface area contributed by atoms with Gasteiger partial charge in [-0.3, -0.25) is 0 Å². The summed E-state index contributed by atoms with van der Waals surface area (Å²) in [5.74, 6) is 1.77. The summed E-state index contributed by atoms with van der Waals surface area (Å²) < 4.78 is 9.62. The van der Waals surface area contributed by atoms with E-state index in [1.165, 1.54) is 31.3 Å². The lowest BCUT2D eigenvalue weighted by Crippen LogP contribution is -2.00. The van der Waals surface area contributed by atoms with Gasteiger partial charge in [0.2, 0.25) is 0 Å². The predicted molar refractivity (Wildman–Crippen MR) is 233 cm³/mol. The Morgan fingerprint density at radius 1 is 0.321 bits per heavy atom. The summed E-state index contributed by atoms with van der Waals surface area (Å²) in [7, 11) is 0. The van der Waals surface area contributed by atoms with Crippen molar-refractivity contribution < 1.29 is 4.42 Å². The van der Waals surface area contributed by atoms with Crippen LogP contribution in [0.5, 0.6) is 0 Å². The van der Waals surface area contributed by atoms with Crippen LogP contribution in [-0.4, -0.2) is 15.0 Å². The molecule has 4 nitrogen and oxygen atoms in total. The molecule has 11 aromatic rings. The van der Waals surface area contributed by atoms with Crippen LogP contribution in [-0.2, 0) is 0 Å². The van der Waals surface area contributed by atoms with Gasteiger partial charge in [-0.15, -0.1) is 11.3 Å². The van der Waals surface area contributed by atoms with Gasteiger partial charge in [-0.05, 0) is 40.5 Å². The normalized spacial score (nSPS) is 11.6. The average molecular weight is 734 g/mol. The zero-order chi connectivity index (χ0) is 37.0. The van der Waals surface area contributed by atoms with Gasteiger partial charge < -0.3 is 4.42 Å². The van der Waals surface area contributed by atoms with Gasteiger partial charge in [-0.25, -0.2) is 15.0 Å². The van der Waals surface area contributed by atoms with Crippen molar-refractivity contribution >= 4 is 53.4 Å². The van der Waals surface area contributed by atoms with E-state index in [-0.39, 0.29) is 0 Å². The fraction of sp³-hybridized carbons (Fsp3) is 0. The number of fused-ring (bicyclic) bond motifs is 6. The third kappa shape index (κ3) is 5.40. The molecule has 0 aliphatic heterocycles. The molecule has 0 amide bonds. The fourth-order valence-electron chi connectivity index (χ4n) is 7.93. The molecule has 0 aliphatic carbocycles. The standard InChI is InChI=1S/C51H31N3OS/c1-4-14-32(15-5-1)33-26-28-36(29-27-33)50-52-49(35-18-8-3-9-19-35)53-51(54-50)42-24-13-22-39-38-21-12-23-41(47(38)55-48(39)42)45-37(34-16-6-2-7-17-34)30-31-44-46(45)40-20-10-11-25-43(40)56-44/h1-31H. The van der Waals surface area contributed by atoms with E-state index >= 15 is 0 Å². The molecule has 8 aromatic carbocycles. The molecule has 0 bridgehead atoms. The highest BCUT2D eigenvalue weighted by molar-refractivity contribution is 7.26. The maximum atomic E-state index is 7.11. The lowest BCUT2D eigenvalue weighted by atomic mass is 9.90. The van der Waals surface area contributed by atoms with E-state index in [0.717, 1.165) is 60.9 Å². The Kier molecular flexibility index (Phi) is 7.64. The highest BCUT2D eigenvalue weighted by Crippen LogP contribution is 2.48. The Hall–Kier alpha value is -7.21. The van der Waals surface area contributed by atoms with E-state index in [9.17, 15) is 0 Å². The summed E-state index contributed by atoms with van der Waals surface area (Å²) in [4.78, 5) is 15.3. The second-order valence-corrected chi connectivity index (χ2v) is 15.0. The fourth-order valence-corrected chi connectivity index (χ4v) is 9.05. The molecule has 0 unspecified atom stereocenters. The summed E-state index contributed by atoms with van der Waals surface area (Å²) in [6.07, 6.45) is 0. The molecular weight excluding hydrogens is 703 g/mol. The molecule has 5 heteroatoms. The average Bonchev–Trinajstić information content (AvgIpc) is 3.86. The maximum Gasteiger partial charge on any atom is 0.167 e. The molecule has 0 saturated heterocycles. The highest BCUT2D eigenvalue weighted by atomic mass is 32.1. The predicted octanol–water partition coefficient (Wildman–Crippen LogP) is 14.1. The number of benzene rings is 8. The molecule has 3 aromatic heterocycles. The Bertz CT molecular complexity index is 3230. The largest absolute Gasteiger partial charge is 0.455 e. The van der Waals surface area contributed by atoms with E-state index in [1.54, 1.807) is 0 Å². The molecule has 11 rings (SSSR count). The third-order valence-electron chi connectivity index (χ3n) is 10.6. The Morgan fingerprint density at radius 3 is 1.52 bits per heavy atom. The minimum atomic E-state index is 0.558. The zero-order valence-corrected chi connectivity index (χ0v) is 30.9. The topological polar surface area (TPSA) is 51.8 Å². The minimum absolute atomic E-state index is 0.558. The van der Waals surface area contributed by atoms with Crippen LogP contribution in [0.25, 0.3) is 110 Å². The van der Waals surface area contributed by atoms with Crippen molar-refractivity contribution in [3.63, 3.8) is 0 Å². The summed E-state index contributed by atoms with van der Waals surface area (Å²) in [5, 5.41) is 4.55. The van der Waals surface area contributed by atoms with Gasteiger partial charge in [0.25, 0.3) is 0 Å². The molecule has 262 valence electrons. The first-order valence-electron chi connectivity index (χ1n) is 18.7. The molecule has 0 radical (unpaired) electrons. The van der Waals surface area contributed by atoms with Crippen LogP contribution >= 0.6 is 11.3 Å². The highest BCUT2D eigenvalue weighted by Gasteiger charge is 2.23. The Morgan fingerprint density at radius 2 is 0.821 bits per heavy atom. The lowest BCUT2D eigenvalue weighted by Gasteiger charge is -2.13. The first kappa shape index (κ1) is 32.2. The molecule has 0 aliphatic rings. The van der Waals surface area contributed by atoms with Gasteiger partial charge in [0.1, 0.15) is 11.2 Å². The van der Waals surface area contributed by atoms with Gasteiger partial charge in [-0.2, -0.15) is 0 Å². The Labute approximate surface area is 327 Å². The summed E-state index contributed by atoms with van der Waals surface area (Å²) in [6.45, 7) is 0. The number of hydrogen-bond acceptors (Lipinski definition) is 5. The molecule has 0 saturated carbocycles. The van der Waals surface area contributed by atoms with E-state index in [2.05, 4.69) is 152 Å². The van der Waals surface area contributed by atoms with Crippen LogP contribution in [0.3, 0.4) is 0 Å². The number of furan rings is 1. The van der Waals surface area contributed by atoms with E-state index in [1.807, 2.05) is 47.7 Å². The Balaban J connectivity index is 1.14. The minimum Gasteiger partial charge on any atom is -0.455 e. The maximum absolute atomic E-state index is 7.11. The van der Waals surface area contributed by atoms with Crippen molar-refractivity contribution in [2.24, 2.45) is 0 Å². The molecule has 3 heterocycles. The molecule has 0 atom stereocenters. The zero-order valence-electron chi connectivity index (χ0n) is 30.1. The van der Waals surface area contributed by atoms with Crippen molar-refractivity contribution in [1.82, 2.24) is 15.0 Å². The van der Waals surface area contributed by atoms with Gasteiger partial charge in [0.15, 0.2) is 17.5 Å². The van der Waals surface area contributed by atoms with Gasteiger partial charge in [0.05, 0.1) is 5.56 Å². The van der Waals surface area contributed by atoms with E-state index in [0.29, 0.717) is 17.5 Å². The summed E-state index contributed by atoms with van der Waals surface area (Å²) >= 11 is 1.83. The molecule has 56 heavy (non-hydrogen) atoms. The quantitative estimate of drug-likeness (QED) is 0.171. The van der Waals surface area contributed by atoms with Gasteiger partial charge in [-0.1, -0.05) is 170 Å². The number of thiophene rings is 1. The van der Waals surface area contributed by atoms with Crippen molar-refractivity contribution in [1.29, 1.82) is 0 Å². The number of rotatable bonds is 6. The SMILES string of the molecule is c1ccc(-c2ccc(-c3nc(-c4ccccc4)nc(-c4cccc5c4oc4c(-c6c(-c7ccccc7)ccc7sc8ccccc8c67)cccc45)n3)cc2)cc1. The molecule has 0 spiro atoms. The van der Waals surface area contributed by atoms with Crippen molar-refractivity contribution in [2.45, 2.75) is 0 Å². The first-order chi connectivity index (χ1) is 27.8. The van der Waals surface area contributed by atoms with Gasteiger partial charge >= 0.3 is 0 Å². The van der Waals surface area contributed by atoms with Crippen LogP contribution in [0.4, 0.5) is 0 Å². The van der Waals surface area contributed by atoms with Gasteiger partial charge in [0, 0.05) is 53.2 Å². The van der Waals surface area contributed by atoms with E-state index < -0.39 is 0 Å². The number of nitrogens with zero attached hydrogens (tertiary/aromatic N) is 3. The molecule has 0 N–H and O–H groups in total. The van der Waals surface area contributed by atoms with Crippen LogP contribution in [0.1, 0.15) is 0 Å². The third-order valence-corrected chi connectivity index (χ3v) is 11.7. The molecule has 0 fully saturated rings.